The minimum absolute atomic E-state index is 0.0905. The van der Waals surface area contributed by atoms with Crippen LogP contribution in [0.1, 0.15) is 45.4 Å². The van der Waals surface area contributed by atoms with Gasteiger partial charge in [-0.15, -0.1) is 0 Å². The van der Waals surface area contributed by atoms with Crippen LogP contribution in [0.4, 0.5) is 0 Å². The first-order valence-electron chi connectivity index (χ1n) is 7.26. The molecule has 2 N–H and O–H groups in total. The number of aliphatic carboxylic acids is 1. The zero-order chi connectivity index (χ0) is 13.0. The summed E-state index contributed by atoms with van der Waals surface area (Å²) in [6.07, 6.45) is 6.57. The van der Waals surface area contributed by atoms with Crippen LogP contribution in [0, 0.1) is 11.8 Å². The lowest BCUT2D eigenvalue weighted by atomic mass is 9.81. The van der Waals surface area contributed by atoms with Crippen LogP contribution in [-0.2, 0) is 9.53 Å². The van der Waals surface area contributed by atoms with Crippen molar-refractivity contribution < 1.29 is 14.6 Å². The lowest BCUT2D eigenvalue weighted by molar-refractivity contribution is -0.143. The minimum atomic E-state index is -0.611. The molecule has 0 aromatic heterocycles. The highest BCUT2D eigenvalue weighted by Crippen LogP contribution is 2.29. The van der Waals surface area contributed by atoms with Crippen molar-refractivity contribution in [3.8, 4) is 0 Å². The first kappa shape index (κ1) is 13.8. The highest BCUT2D eigenvalue weighted by molar-refractivity contribution is 5.69. The fourth-order valence-electron chi connectivity index (χ4n) is 3.05. The van der Waals surface area contributed by atoms with Crippen LogP contribution in [0.5, 0.6) is 0 Å². The van der Waals surface area contributed by atoms with E-state index < -0.39 is 5.97 Å². The Morgan fingerprint density at radius 1 is 1.28 bits per heavy atom. The Kier molecular flexibility index (Phi) is 5.01. The summed E-state index contributed by atoms with van der Waals surface area (Å²) in [4.78, 5) is 10.9. The SMILES string of the molecule is CCOC1CC(NCC2CCC(C(=O)O)CC2)C1. The monoisotopic (exact) mass is 255 g/mol. The summed E-state index contributed by atoms with van der Waals surface area (Å²) in [5.41, 5.74) is 0. The van der Waals surface area contributed by atoms with Gasteiger partial charge in [-0.25, -0.2) is 0 Å². The summed E-state index contributed by atoms with van der Waals surface area (Å²) < 4.78 is 5.54. The van der Waals surface area contributed by atoms with Gasteiger partial charge in [-0.3, -0.25) is 4.79 Å². The topological polar surface area (TPSA) is 58.6 Å². The third kappa shape index (κ3) is 3.69. The van der Waals surface area contributed by atoms with Crippen LogP contribution in [0.25, 0.3) is 0 Å². The van der Waals surface area contributed by atoms with Gasteiger partial charge in [-0.1, -0.05) is 0 Å². The van der Waals surface area contributed by atoms with Gasteiger partial charge in [0.05, 0.1) is 12.0 Å². The standard InChI is InChI=1S/C14H25NO3/c1-2-18-13-7-12(8-13)15-9-10-3-5-11(6-4-10)14(16)17/h10-13,15H,2-9H2,1H3,(H,16,17). The van der Waals surface area contributed by atoms with Gasteiger partial charge in [0.2, 0.25) is 0 Å². The van der Waals surface area contributed by atoms with E-state index in [0.29, 0.717) is 18.1 Å². The number of carboxylic acids is 1. The fourth-order valence-corrected chi connectivity index (χ4v) is 3.05. The normalized spacial score (nSPS) is 36.1. The van der Waals surface area contributed by atoms with Crippen molar-refractivity contribution in [2.24, 2.45) is 11.8 Å². The molecule has 0 amide bonds. The van der Waals surface area contributed by atoms with Crippen molar-refractivity contribution in [2.75, 3.05) is 13.2 Å². The summed E-state index contributed by atoms with van der Waals surface area (Å²) in [5.74, 6) is -0.0287. The molecule has 2 saturated carbocycles. The van der Waals surface area contributed by atoms with Crippen molar-refractivity contribution in [1.82, 2.24) is 5.32 Å². The van der Waals surface area contributed by atoms with E-state index in [1.165, 1.54) is 0 Å². The number of hydrogen-bond donors (Lipinski definition) is 2. The highest BCUT2D eigenvalue weighted by atomic mass is 16.5. The van der Waals surface area contributed by atoms with Crippen molar-refractivity contribution >= 4 is 5.97 Å². The van der Waals surface area contributed by atoms with Gasteiger partial charge >= 0.3 is 5.97 Å². The largest absolute Gasteiger partial charge is 0.481 e. The van der Waals surface area contributed by atoms with E-state index in [1.807, 2.05) is 6.92 Å². The summed E-state index contributed by atoms with van der Waals surface area (Å²) >= 11 is 0. The molecule has 0 saturated heterocycles. The van der Waals surface area contributed by atoms with Gasteiger partial charge in [0.25, 0.3) is 0 Å². The Hall–Kier alpha value is -0.610. The molecule has 0 aromatic carbocycles. The van der Waals surface area contributed by atoms with Crippen LogP contribution < -0.4 is 5.32 Å². The second-order valence-corrected chi connectivity index (χ2v) is 5.71. The van der Waals surface area contributed by atoms with Crippen LogP contribution in [0.3, 0.4) is 0 Å². The maximum atomic E-state index is 10.9. The van der Waals surface area contributed by atoms with E-state index in [9.17, 15) is 4.79 Å². The van der Waals surface area contributed by atoms with E-state index in [-0.39, 0.29) is 5.92 Å². The first-order chi connectivity index (χ1) is 8.69. The average molecular weight is 255 g/mol. The molecule has 0 aromatic rings. The number of hydrogen-bond acceptors (Lipinski definition) is 3. The Morgan fingerprint density at radius 2 is 1.94 bits per heavy atom. The molecule has 0 heterocycles. The van der Waals surface area contributed by atoms with Gasteiger partial charge in [0.15, 0.2) is 0 Å². The zero-order valence-electron chi connectivity index (χ0n) is 11.2. The van der Waals surface area contributed by atoms with Gasteiger partial charge < -0.3 is 15.2 Å². The first-order valence-corrected chi connectivity index (χ1v) is 7.26. The second kappa shape index (κ2) is 6.53. The van der Waals surface area contributed by atoms with Gasteiger partial charge in [-0.05, 0) is 57.9 Å². The maximum Gasteiger partial charge on any atom is 0.306 e. The Balaban J connectivity index is 1.55. The molecule has 0 atom stereocenters. The van der Waals surface area contributed by atoms with Gasteiger partial charge in [-0.2, -0.15) is 0 Å². The molecular formula is C14H25NO3. The number of rotatable bonds is 6. The van der Waals surface area contributed by atoms with Gasteiger partial charge in [0, 0.05) is 12.6 Å². The van der Waals surface area contributed by atoms with Crippen molar-refractivity contribution in [3.05, 3.63) is 0 Å². The van der Waals surface area contributed by atoms with Crippen molar-refractivity contribution in [2.45, 2.75) is 57.6 Å². The number of ether oxygens (including phenoxy) is 1. The van der Waals surface area contributed by atoms with Crippen molar-refractivity contribution in [1.29, 1.82) is 0 Å². The summed E-state index contributed by atoms with van der Waals surface area (Å²) in [7, 11) is 0. The van der Waals surface area contributed by atoms with E-state index in [1.54, 1.807) is 0 Å². The number of nitrogens with one attached hydrogen (secondary N) is 1. The quantitative estimate of drug-likeness (QED) is 0.762. The van der Waals surface area contributed by atoms with Crippen molar-refractivity contribution in [3.63, 3.8) is 0 Å². The third-order valence-electron chi connectivity index (χ3n) is 4.39. The third-order valence-corrected chi connectivity index (χ3v) is 4.39. The van der Waals surface area contributed by atoms with Crippen LogP contribution >= 0.6 is 0 Å². The minimum Gasteiger partial charge on any atom is -0.481 e. The lowest BCUT2D eigenvalue weighted by Gasteiger charge is -2.37. The molecule has 2 fully saturated rings. The average Bonchev–Trinajstić information content (AvgIpc) is 2.32. The van der Waals surface area contributed by atoms with Crippen LogP contribution in [0.15, 0.2) is 0 Å². The Labute approximate surface area is 109 Å². The van der Waals surface area contributed by atoms with E-state index in [0.717, 1.165) is 51.7 Å². The number of carbonyl (C=O) groups is 1. The molecule has 0 unspecified atom stereocenters. The summed E-state index contributed by atoms with van der Waals surface area (Å²) in [6.45, 7) is 3.91. The lowest BCUT2D eigenvalue weighted by Crippen LogP contribution is -2.47. The zero-order valence-corrected chi connectivity index (χ0v) is 11.2. The molecule has 4 nitrogen and oxygen atoms in total. The molecule has 0 bridgehead atoms. The second-order valence-electron chi connectivity index (χ2n) is 5.71. The van der Waals surface area contributed by atoms with E-state index in [4.69, 9.17) is 9.84 Å². The molecule has 0 radical (unpaired) electrons. The molecule has 2 rings (SSSR count). The molecule has 2 aliphatic carbocycles. The Bertz CT molecular complexity index is 268. The van der Waals surface area contributed by atoms with Crippen LogP contribution in [0.2, 0.25) is 0 Å². The summed E-state index contributed by atoms with van der Waals surface area (Å²) in [6, 6.07) is 0.624. The number of carboxylic acid groups (broad SMARTS) is 1. The Morgan fingerprint density at radius 3 is 2.50 bits per heavy atom. The maximum absolute atomic E-state index is 10.9. The predicted octanol–water partition coefficient (Wildman–Crippen LogP) is 2.03. The van der Waals surface area contributed by atoms with Crippen LogP contribution in [-0.4, -0.2) is 36.4 Å². The highest BCUT2D eigenvalue weighted by Gasteiger charge is 2.31. The molecule has 0 aliphatic heterocycles. The fraction of sp³-hybridized carbons (Fsp3) is 0.929. The smallest absolute Gasteiger partial charge is 0.306 e. The van der Waals surface area contributed by atoms with E-state index in [2.05, 4.69) is 5.32 Å². The molecule has 104 valence electrons. The molecule has 2 aliphatic rings. The molecule has 0 spiro atoms. The summed E-state index contributed by atoms with van der Waals surface area (Å²) in [5, 5.41) is 12.5. The molecule has 4 heteroatoms. The van der Waals surface area contributed by atoms with Gasteiger partial charge in [0.1, 0.15) is 0 Å². The predicted molar refractivity (Wildman–Crippen MR) is 69.5 cm³/mol. The molecule has 18 heavy (non-hydrogen) atoms. The van der Waals surface area contributed by atoms with E-state index >= 15 is 0 Å². The molecular weight excluding hydrogens is 230 g/mol.